The summed E-state index contributed by atoms with van der Waals surface area (Å²) in [5, 5.41) is -0.0221. The quantitative estimate of drug-likeness (QED) is 0.603. The van der Waals surface area contributed by atoms with E-state index in [9.17, 15) is 8.42 Å². The molecule has 0 unspecified atom stereocenters. The van der Waals surface area contributed by atoms with Gasteiger partial charge in [-0.3, -0.25) is 4.72 Å². The third-order valence-electron chi connectivity index (χ3n) is 2.16. The number of anilines is 1. The molecule has 11 heteroatoms. The van der Waals surface area contributed by atoms with E-state index in [0.717, 1.165) is 0 Å². The summed E-state index contributed by atoms with van der Waals surface area (Å²) in [7, 11) is -4.01. The molecule has 1 heterocycles. The lowest BCUT2D eigenvalue weighted by molar-refractivity contribution is 0.601. The number of halogens is 5. The van der Waals surface area contributed by atoms with Crippen LogP contribution in [0.1, 0.15) is 0 Å². The van der Waals surface area contributed by atoms with Crippen LogP contribution in [0.25, 0.3) is 0 Å². The van der Waals surface area contributed by atoms with Crippen molar-refractivity contribution in [1.82, 2.24) is 9.97 Å². The molecule has 21 heavy (non-hydrogen) atoms. The first-order valence-electron chi connectivity index (χ1n) is 5.06. The van der Waals surface area contributed by atoms with Crippen LogP contribution in [0.3, 0.4) is 0 Å². The summed E-state index contributed by atoms with van der Waals surface area (Å²) >= 11 is 21.3. The van der Waals surface area contributed by atoms with Gasteiger partial charge in [-0.05, 0) is 44.0 Å². The maximum Gasteiger partial charge on any atom is 0.266 e. The Kier molecular flexibility index (Phi) is 5.54. The molecule has 0 aliphatic carbocycles. The minimum Gasteiger partial charge on any atom is -0.261 e. The molecule has 2 aromatic rings. The Morgan fingerprint density at radius 1 is 1.10 bits per heavy atom. The van der Waals surface area contributed by atoms with Gasteiger partial charge in [0.25, 0.3) is 10.0 Å². The standard InChI is InChI=1S/C10H4Br3Cl2N3O2S/c11-4-1-5(14)8(6(15)2-4)21(19,20)18-10-9(13)17-7(12)3-16-10/h1-3H,(H,16,18). The molecule has 0 fully saturated rings. The van der Waals surface area contributed by atoms with Gasteiger partial charge in [0.1, 0.15) is 9.50 Å². The normalized spacial score (nSPS) is 11.5. The highest BCUT2D eigenvalue weighted by atomic mass is 79.9. The molecule has 112 valence electrons. The summed E-state index contributed by atoms with van der Waals surface area (Å²) in [4.78, 5) is 7.67. The summed E-state index contributed by atoms with van der Waals surface area (Å²) in [5.41, 5.74) is 0. The predicted octanol–water partition coefficient (Wildman–Crippen LogP) is 4.87. The predicted molar refractivity (Wildman–Crippen MR) is 92.4 cm³/mol. The first-order chi connectivity index (χ1) is 9.70. The number of rotatable bonds is 3. The fourth-order valence-corrected chi connectivity index (χ4v) is 5.38. The molecule has 0 amide bonds. The number of nitrogens with one attached hydrogen (secondary N) is 1. The molecule has 0 radical (unpaired) electrons. The highest BCUT2D eigenvalue weighted by Gasteiger charge is 2.24. The van der Waals surface area contributed by atoms with Crippen molar-refractivity contribution in [2.45, 2.75) is 4.90 Å². The van der Waals surface area contributed by atoms with E-state index in [2.05, 4.69) is 62.5 Å². The fourth-order valence-electron chi connectivity index (χ4n) is 1.38. The van der Waals surface area contributed by atoms with Gasteiger partial charge in [-0.2, -0.15) is 0 Å². The zero-order valence-electron chi connectivity index (χ0n) is 9.74. The lowest BCUT2D eigenvalue weighted by Crippen LogP contribution is -2.15. The molecule has 1 aromatic carbocycles. The third-order valence-corrected chi connectivity index (χ3v) is 5.82. The van der Waals surface area contributed by atoms with E-state index in [4.69, 9.17) is 23.2 Å². The van der Waals surface area contributed by atoms with E-state index < -0.39 is 10.0 Å². The van der Waals surface area contributed by atoms with Gasteiger partial charge in [0.2, 0.25) is 0 Å². The van der Waals surface area contributed by atoms with E-state index in [-0.39, 0.29) is 25.4 Å². The number of aromatic nitrogens is 2. The second-order valence-electron chi connectivity index (χ2n) is 3.64. The third kappa shape index (κ3) is 4.08. The molecular weight excluding hydrogens is 537 g/mol. The molecule has 0 bridgehead atoms. The highest BCUT2D eigenvalue weighted by molar-refractivity contribution is 9.11. The average Bonchev–Trinajstić information content (AvgIpc) is 2.30. The Bertz CT molecular complexity index is 794. The van der Waals surface area contributed by atoms with Crippen molar-refractivity contribution in [2.24, 2.45) is 0 Å². The Hall–Kier alpha value is 0.0700. The summed E-state index contributed by atoms with van der Waals surface area (Å²) in [6, 6.07) is 2.87. The number of hydrogen-bond acceptors (Lipinski definition) is 4. The summed E-state index contributed by atoms with van der Waals surface area (Å²) in [6.45, 7) is 0. The second kappa shape index (κ2) is 6.67. The summed E-state index contributed by atoms with van der Waals surface area (Å²) in [6.07, 6.45) is 1.35. The fraction of sp³-hybridized carbons (Fsp3) is 0. The van der Waals surface area contributed by atoms with Crippen molar-refractivity contribution in [3.8, 4) is 0 Å². The highest BCUT2D eigenvalue weighted by Crippen LogP contribution is 2.34. The van der Waals surface area contributed by atoms with E-state index in [1.807, 2.05) is 0 Å². The van der Waals surface area contributed by atoms with E-state index in [1.165, 1.54) is 18.3 Å². The van der Waals surface area contributed by atoms with E-state index in [1.54, 1.807) is 0 Å². The van der Waals surface area contributed by atoms with Crippen molar-refractivity contribution < 1.29 is 8.42 Å². The van der Waals surface area contributed by atoms with Gasteiger partial charge < -0.3 is 0 Å². The Balaban J connectivity index is 2.48. The monoisotopic (exact) mass is 537 g/mol. The molecule has 0 spiro atoms. The van der Waals surface area contributed by atoms with Crippen molar-refractivity contribution in [1.29, 1.82) is 0 Å². The lowest BCUT2D eigenvalue weighted by atomic mass is 10.4. The van der Waals surface area contributed by atoms with E-state index >= 15 is 0 Å². The van der Waals surface area contributed by atoms with Crippen molar-refractivity contribution >= 4 is 86.8 Å². The van der Waals surface area contributed by atoms with Crippen LogP contribution in [0.15, 0.2) is 36.9 Å². The van der Waals surface area contributed by atoms with Gasteiger partial charge >= 0.3 is 0 Å². The number of nitrogens with zero attached hydrogens (tertiary/aromatic N) is 2. The van der Waals surface area contributed by atoms with Crippen molar-refractivity contribution in [3.05, 3.63) is 42.1 Å². The minimum absolute atomic E-state index is 0.0110. The number of hydrogen-bond donors (Lipinski definition) is 1. The molecule has 5 nitrogen and oxygen atoms in total. The Morgan fingerprint density at radius 3 is 2.19 bits per heavy atom. The molecule has 0 atom stereocenters. The molecule has 2 rings (SSSR count). The first-order valence-corrected chi connectivity index (χ1v) is 9.68. The van der Waals surface area contributed by atoms with Gasteiger partial charge in [-0.15, -0.1) is 0 Å². The van der Waals surface area contributed by atoms with Gasteiger partial charge in [0, 0.05) is 4.47 Å². The van der Waals surface area contributed by atoms with Crippen LogP contribution >= 0.6 is 71.0 Å². The largest absolute Gasteiger partial charge is 0.266 e. The summed E-state index contributed by atoms with van der Waals surface area (Å²) < 4.78 is 28.3. The molecule has 0 aliphatic heterocycles. The van der Waals surface area contributed by atoms with Gasteiger partial charge in [0.05, 0.1) is 16.2 Å². The van der Waals surface area contributed by atoms with Gasteiger partial charge in [-0.1, -0.05) is 39.1 Å². The molecule has 0 saturated heterocycles. The van der Waals surface area contributed by atoms with Crippen LogP contribution < -0.4 is 4.72 Å². The lowest BCUT2D eigenvalue weighted by Gasteiger charge is -2.11. The van der Waals surface area contributed by atoms with Crippen LogP contribution in [0.4, 0.5) is 5.82 Å². The van der Waals surface area contributed by atoms with Crippen LogP contribution in [-0.4, -0.2) is 18.4 Å². The van der Waals surface area contributed by atoms with Crippen molar-refractivity contribution in [3.63, 3.8) is 0 Å². The second-order valence-corrected chi connectivity index (χ2v) is 8.55. The maximum atomic E-state index is 12.4. The smallest absolute Gasteiger partial charge is 0.261 e. The molecule has 0 saturated carbocycles. The maximum absolute atomic E-state index is 12.4. The number of benzene rings is 1. The molecule has 1 N–H and O–H groups in total. The van der Waals surface area contributed by atoms with Crippen LogP contribution in [0, 0.1) is 0 Å². The zero-order valence-corrected chi connectivity index (χ0v) is 16.8. The topological polar surface area (TPSA) is 72.0 Å². The molecular formula is C10H4Br3Cl2N3O2S. The summed E-state index contributed by atoms with van der Waals surface area (Å²) in [5.74, 6) is 0.0215. The molecule has 0 aliphatic rings. The van der Waals surface area contributed by atoms with Crippen LogP contribution in [0.5, 0.6) is 0 Å². The number of sulfonamides is 1. The van der Waals surface area contributed by atoms with Crippen LogP contribution in [0.2, 0.25) is 10.0 Å². The van der Waals surface area contributed by atoms with Crippen molar-refractivity contribution in [2.75, 3.05) is 4.72 Å². The SMILES string of the molecule is O=S(=O)(Nc1ncc(Br)nc1Br)c1c(Cl)cc(Br)cc1Cl. The Morgan fingerprint density at radius 2 is 1.67 bits per heavy atom. The van der Waals surface area contributed by atoms with Gasteiger partial charge in [-0.25, -0.2) is 18.4 Å². The van der Waals surface area contributed by atoms with E-state index in [0.29, 0.717) is 9.08 Å². The molecule has 1 aromatic heterocycles. The Labute approximate surface area is 155 Å². The zero-order chi connectivity index (χ0) is 15.8. The van der Waals surface area contributed by atoms with Crippen LogP contribution in [-0.2, 0) is 10.0 Å². The first kappa shape index (κ1) is 17.4. The minimum atomic E-state index is -4.01. The van der Waals surface area contributed by atoms with Gasteiger partial charge in [0.15, 0.2) is 10.4 Å². The average molecular weight is 541 g/mol.